The van der Waals surface area contributed by atoms with Crippen LogP contribution in [0.2, 0.25) is 0 Å². The number of nitrogens with zero attached hydrogens (tertiary/aromatic N) is 2. The smallest absolute Gasteiger partial charge is 0.256 e. The molecule has 0 aliphatic carbocycles. The lowest BCUT2D eigenvalue weighted by atomic mass is 9.99. The first-order valence-corrected chi connectivity index (χ1v) is 11.2. The molecule has 1 N–H and O–H groups in total. The maximum atomic E-state index is 12.9. The van der Waals surface area contributed by atoms with Crippen LogP contribution in [0.5, 0.6) is 0 Å². The Morgan fingerprint density at radius 2 is 1.77 bits per heavy atom. The maximum Gasteiger partial charge on any atom is 0.256 e. The molecule has 2 fully saturated rings. The molecule has 0 radical (unpaired) electrons. The third-order valence-corrected chi connectivity index (χ3v) is 6.07. The van der Waals surface area contributed by atoms with Gasteiger partial charge in [-0.15, -0.1) is 0 Å². The van der Waals surface area contributed by atoms with Gasteiger partial charge in [0.05, 0.1) is 24.5 Å². The lowest BCUT2D eigenvalue weighted by Crippen LogP contribution is -2.41. The number of nitrogens with one attached hydrogen (secondary N) is 1. The fourth-order valence-corrected chi connectivity index (χ4v) is 4.36. The molecule has 6 heteroatoms. The molecule has 2 amide bonds. The van der Waals surface area contributed by atoms with Crippen LogP contribution >= 0.6 is 0 Å². The van der Waals surface area contributed by atoms with Crippen molar-refractivity contribution in [3.8, 4) is 0 Å². The minimum atomic E-state index is -0.208. The van der Waals surface area contributed by atoms with Gasteiger partial charge in [0.2, 0.25) is 0 Å². The lowest BCUT2D eigenvalue weighted by Gasteiger charge is -2.30. The highest BCUT2D eigenvalue weighted by atomic mass is 16.5. The van der Waals surface area contributed by atoms with Gasteiger partial charge in [-0.3, -0.25) is 14.5 Å². The summed E-state index contributed by atoms with van der Waals surface area (Å²) in [5.41, 5.74) is 2.85. The number of benzene rings is 2. The van der Waals surface area contributed by atoms with Crippen molar-refractivity contribution in [1.82, 2.24) is 9.80 Å². The Labute approximate surface area is 184 Å². The first kappa shape index (κ1) is 21.5. The van der Waals surface area contributed by atoms with E-state index in [1.54, 1.807) is 17.0 Å². The molecule has 4 rings (SSSR count). The predicted molar refractivity (Wildman–Crippen MR) is 121 cm³/mol. The average Bonchev–Trinajstić information content (AvgIpc) is 2.80. The van der Waals surface area contributed by atoms with Crippen LogP contribution in [0.15, 0.2) is 48.5 Å². The number of carbonyl (C=O) groups is 2. The van der Waals surface area contributed by atoms with E-state index in [-0.39, 0.29) is 11.8 Å². The monoisotopic (exact) mass is 421 g/mol. The predicted octanol–water partition coefficient (Wildman–Crippen LogP) is 3.64. The van der Waals surface area contributed by atoms with Crippen molar-refractivity contribution >= 4 is 17.5 Å². The van der Waals surface area contributed by atoms with Gasteiger partial charge in [0.25, 0.3) is 11.8 Å². The number of hydrogen-bond donors (Lipinski definition) is 1. The van der Waals surface area contributed by atoms with Gasteiger partial charge in [0, 0.05) is 31.7 Å². The van der Waals surface area contributed by atoms with Crippen LogP contribution in [0, 0.1) is 5.92 Å². The van der Waals surface area contributed by atoms with Gasteiger partial charge < -0.3 is 15.0 Å². The van der Waals surface area contributed by atoms with Crippen molar-refractivity contribution in [3.63, 3.8) is 0 Å². The second-order valence-electron chi connectivity index (χ2n) is 8.58. The molecule has 0 aromatic heterocycles. The molecule has 2 aromatic carbocycles. The maximum absolute atomic E-state index is 12.9. The Morgan fingerprint density at radius 3 is 2.52 bits per heavy atom. The van der Waals surface area contributed by atoms with Crippen LogP contribution in [0.4, 0.5) is 5.69 Å². The van der Waals surface area contributed by atoms with E-state index in [9.17, 15) is 9.59 Å². The molecule has 6 nitrogen and oxygen atoms in total. The quantitative estimate of drug-likeness (QED) is 0.801. The zero-order chi connectivity index (χ0) is 21.6. The first-order valence-electron chi connectivity index (χ1n) is 11.2. The lowest BCUT2D eigenvalue weighted by molar-refractivity contribution is 0.0303. The second kappa shape index (κ2) is 10.1. The molecule has 164 valence electrons. The zero-order valence-electron chi connectivity index (χ0n) is 18.2. The summed E-state index contributed by atoms with van der Waals surface area (Å²) in [6.07, 6.45) is 2.56. The number of piperidine rings is 1. The molecular formula is C25H31N3O3. The summed E-state index contributed by atoms with van der Waals surface area (Å²) in [7, 11) is 0. The number of amides is 2. The highest BCUT2D eigenvalue weighted by Crippen LogP contribution is 2.21. The summed E-state index contributed by atoms with van der Waals surface area (Å²) in [6.45, 7) is 7.73. The number of likely N-dealkylation sites (tertiary alicyclic amines) is 1. The summed E-state index contributed by atoms with van der Waals surface area (Å²) in [5, 5.41) is 2.93. The highest BCUT2D eigenvalue weighted by Gasteiger charge is 2.22. The largest absolute Gasteiger partial charge is 0.378 e. The summed E-state index contributed by atoms with van der Waals surface area (Å²) in [4.78, 5) is 30.0. The molecule has 2 heterocycles. The summed E-state index contributed by atoms with van der Waals surface area (Å²) >= 11 is 0. The Morgan fingerprint density at radius 1 is 1.03 bits per heavy atom. The molecule has 0 bridgehead atoms. The number of rotatable bonds is 5. The molecular weight excluding hydrogens is 390 g/mol. The second-order valence-corrected chi connectivity index (χ2v) is 8.58. The Balaban J connectivity index is 1.41. The first-order chi connectivity index (χ1) is 15.1. The Bertz CT molecular complexity index is 906. The fourth-order valence-electron chi connectivity index (χ4n) is 4.36. The van der Waals surface area contributed by atoms with Gasteiger partial charge in [0.15, 0.2) is 0 Å². The van der Waals surface area contributed by atoms with Crippen molar-refractivity contribution in [2.24, 2.45) is 5.92 Å². The molecule has 2 aromatic rings. The van der Waals surface area contributed by atoms with E-state index in [2.05, 4.69) is 17.1 Å². The third-order valence-electron chi connectivity index (χ3n) is 6.07. The van der Waals surface area contributed by atoms with E-state index < -0.39 is 0 Å². The van der Waals surface area contributed by atoms with Crippen molar-refractivity contribution < 1.29 is 14.3 Å². The van der Waals surface area contributed by atoms with Crippen LogP contribution < -0.4 is 5.32 Å². The minimum absolute atomic E-state index is 0.0784. The van der Waals surface area contributed by atoms with Gasteiger partial charge in [0.1, 0.15) is 0 Å². The normalized spacial score (nSPS) is 19.8. The molecule has 31 heavy (non-hydrogen) atoms. The topological polar surface area (TPSA) is 61.9 Å². The van der Waals surface area contributed by atoms with Crippen molar-refractivity contribution in [3.05, 3.63) is 65.2 Å². The van der Waals surface area contributed by atoms with E-state index in [0.29, 0.717) is 43.1 Å². The minimum Gasteiger partial charge on any atom is -0.378 e. The highest BCUT2D eigenvalue weighted by molar-refractivity contribution is 6.09. The van der Waals surface area contributed by atoms with Crippen LogP contribution in [0.25, 0.3) is 0 Å². The average molecular weight is 422 g/mol. The number of morpholine rings is 1. The van der Waals surface area contributed by atoms with Gasteiger partial charge in [-0.25, -0.2) is 0 Å². The Hall–Kier alpha value is -2.70. The summed E-state index contributed by atoms with van der Waals surface area (Å²) in [6, 6.07) is 15.0. The number of carbonyl (C=O) groups excluding carboxylic acids is 2. The molecule has 0 saturated carbocycles. The number of anilines is 1. The summed E-state index contributed by atoms with van der Waals surface area (Å²) < 4.78 is 5.33. The van der Waals surface area contributed by atoms with Crippen LogP contribution in [-0.4, -0.2) is 61.0 Å². The van der Waals surface area contributed by atoms with Crippen molar-refractivity contribution in [2.45, 2.75) is 26.3 Å². The fraction of sp³-hybridized carbons (Fsp3) is 0.440. The van der Waals surface area contributed by atoms with Crippen LogP contribution in [0.1, 0.15) is 46.0 Å². The van der Waals surface area contributed by atoms with Gasteiger partial charge >= 0.3 is 0 Å². The third kappa shape index (κ3) is 5.51. The van der Waals surface area contributed by atoms with Crippen LogP contribution in [0.3, 0.4) is 0 Å². The van der Waals surface area contributed by atoms with Gasteiger partial charge in [-0.05, 0) is 55.1 Å². The van der Waals surface area contributed by atoms with E-state index in [1.807, 2.05) is 36.4 Å². The Kier molecular flexibility index (Phi) is 6.99. The molecule has 1 unspecified atom stereocenters. The molecule has 1 atom stereocenters. The standard InChI is InChI=1S/C25H31N3O3/c1-19-5-4-12-27(17-19)18-20-8-10-21(11-9-20)24(29)26-23-7-3-2-6-22(23)25(30)28-13-15-31-16-14-28/h2-3,6-11,19H,4-5,12-18H2,1H3,(H,26,29). The van der Waals surface area contributed by atoms with Gasteiger partial charge in [-0.2, -0.15) is 0 Å². The van der Waals surface area contributed by atoms with Crippen molar-refractivity contribution in [2.75, 3.05) is 44.7 Å². The molecule has 2 aliphatic heterocycles. The van der Waals surface area contributed by atoms with E-state index in [1.165, 1.54) is 18.4 Å². The zero-order valence-corrected chi connectivity index (χ0v) is 18.2. The molecule has 2 saturated heterocycles. The number of hydrogen-bond acceptors (Lipinski definition) is 4. The number of para-hydroxylation sites is 1. The van der Waals surface area contributed by atoms with E-state index in [4.69, 9.17) is 4.74 Å². The SMILES string of the molecule is CC1CCCN(Cc2ccc(C(=O)Nc3ccccc3C(=O)N3CCOCC3)cc2)C1. The van der Waals surface area contributed by atoms with E-state index in [0.717, 1.165) is 25.6 Å². The molecule has 0 spiro atoms. The number of ether oxygens (including phenoxy) is 1. The summed E-state index contributed by atoms with van der Waals surface area (Å²) in [5.74, 6) is 0.463. The van der Waals surface area contributed by atoms with Gasteiger partial charge in [-0.1, -0.05) is 31.2 Å². The van der Waals surface area contributed by atoms with E-state index >= 15 is 0 Å². The molecule has 2 aliphatic rings. The van der Waals surface area contributed by atoms with Crippen molar-refractivity contribution in [1.29, 1.82) is 0 Å². The van der Waals surface area contributed by atoms with Crippen LogP contribution in [-0.2, 0) is 11.3 Å².